The van der Waals surface area contributed by atoms with Gasteiger partial charge in [0.1, 0.15) is 5.82 Å². The second kappa shape index (κ2) is 6.01. The standard InChI is InChI=1S/C13H15ClF3N3/c1-2-5-20-11-4-3-9(14)6-10(11)19-12(20)7-18-8-13(15,16)17/h3-4,6,18H,2,5,7-8H2,1H3. The Balaban J connectivity index is 2.24. The molecule has 2 aromatic rings. The van der Waals surface area contributed by atoms with Crippen LogP contribution in [0.1, 0.15) is 19.2 Å². The van der Waals surface area contributed by atoms with Crippen LogP contribution in [0.2, 0.25) is 5.02 Å². The van der Waals surface area contributed by atoms with Crippen LogP contribution in [0.5, 0.6) is 0 Å². The van der Waals surface area contributed by atoms with Crippen molar-refractivity contribution in [3.8, 4) is 0 Å². The van der Waals surface area contributed by atoms with Crippen LogP contribution in [0, 0.1) is 0 Å². The molecule has 0 spiro atoms. The van der Waals surface area contributed by atoms with Gasteiger partial charge in [0.15, 0.2) is 0 Å². The third-order valence-electron chi connectivity index (χ3n) is 2.85. The second-order valence-corrected chi connectivity index (χ2v) is 4.97. The molecule has 110 valence electrons. The summed E-state index contributed by atoms with van der Waals surface area (Å²) in [5, 5.41) is 2.94. The molecule has 7 heteroatoms. The van der Waals surface area contributed by atoms with Gasteiger partial charge in [-0.15, -0.1) is 0 Å². The van der Waals surface area contributed by atoms with Gasteiger partial charge in [-0.2, -0.15) is 13.2 Å². The fourth-order valence-electron chi connectivity index (χ4n) is 2.08. The predicted molar refractivity (Wildman–Crippen MR) is 72.8 cm³/mol. The zero-order valence-corrected chi connectivity index (χ0v) is 11.7. The Kier molecular flexibility index (Phi) is 4.55. The summed E-state index contributed by atoms with van der Waals surface area (Å²) in [6, 6.07) is 5.31. The molecule has 3 nitrogen and oxygen atoms in total. The predicted octanol–water partition coefficient (Wildman–Crippen LogP) is 3.75. The number of nitrogens with zero attached hydrogens (tertiary/aromatic N) is 2. The van der Waals surface area contributed by atoms with Crippen molar-refractivity contribution in [3.05, 3.63) is 29.0 Å². The SMILES string of the molecule is CCCn1c(CNCC(F)(F)F)nc2cc(Cl)ccc21. The monoisotopic (exact) mass is 305 g/mol. The minimum Gasteiger partial charge on any atom is -0.327 e. The van der Waals surface area contributed by atoms with Crippen LogP contribution < -0.4 is 5.32 Å². The van der Waals surface area contributed by atoms with Gasteiger partial charge in [0.05, 0.1) is 24.1 Å². The lowest BCUT2D eigenvalue weighted by Gasteiger charge is -2.10. The molecule has 0 aliphatic rings. The number of imidazole rings is 1. The average Bonchev–Trinajstić information content (AvgIpc) is 2.66. The molecule has 1 aromatic carbocycles. The summed E-state index contributed by atoms with van der Waals surface area (Å²) in [6.07, 6.45) is -3.34. The molecule has 0 saturated heterocycles. The first kappa shape index (κ1) is 15.1. The van der Waals surface area contributed by atoms with Gasteiger partial charge in [-0.05, 0) is 24.6 Å². The first-order chi connectivity index (χ1) is 9.40. The van der Waals surface area contributed by atoms with Crippen LogP contribution in [-0.2, 0) is 13.1 Å². The van der Waals surface area contributed by atoms with Crippen molar-refractivity contribution < 1.29 is 13.2 Å². The second-order valence-electron chi connectivity index (χ2n) is 4.53. The quantitative estimate of drug-likeness (QED) is 0.911. The molecular formula is C13H15ClF3N3. The highest BCUT2D eigenvalue weighted by Crippen LogP contribution is 2.21. The van der Waals surface area contributed by atoms with Crippen molar-refractivity contribution in [1.82, 2.24) is 14.9 Å². The number of benzene rings is 1. The van der Waals surface area contributed by atoms with E-state index in [2.05, 4.69) is 10.3 Å². The maximum absolute atomic E-state index is 12.2. The van der Waals surface area contributed by atoms with Crippen LogP contribution in [0.25, 0.3) is 11.0 Å². The summed E-state index contributed by atoms with van der Waals surface area (Å²) in [4.78, 5) is 4.36. The van der Waals surface area contributed by atoms with Crippen LogP contribution >= 0.6 is 11.6 Å². The van der Waals surface area contributed by atoms with E-state index in [0.717, 1.165) is 11.9 Å². The first-order valence-corrected chi connectivity index (χ1v) is 6.70. The van der Waals surface area contributed by atoms with E-state index in [-0.39, 0.29) is 6.54 Å². The van der Waals surface area contributed by atoms with Crippen molar-refractivity contribution in [1.29, 1.82) is 0 Å². The zero-order valence-electron chi connectivity index (χ0n) is 11.0. The molecule has 1 heterocycles. The molecule has 20 heavy (non-hydrogen) atoms. The van der Waals surface area contributed by atoms with Crippen molar-refractivity contribution in [2.24, 2.45) is 0 Å². The molecule has 0 amide bonds. The minimum absolute atomic E-state index is 0.0752. The summed E-state index contributed by atoms with van der Waals surface area (Å²) < 4.78 is 38.4. The summed E-state index contributed by atoms with van der Waals surface area (Å²) in [5.74, 6) is 0.591. The molecule has 0 aliphatic heterocycles. The number of aryl methyl sites for hydroxylation is 1. The number of hydrogen-bond acceptors (Lipinski definition) is 2. The Morgan fingerprint density at radius 1 is 1.35 bits per heavy atom. The van der Waals surface area contributed by atoms with Crippen LogP contribution in [-0.4, -0.2) is 22.3 Å². The number of nitrogens with one attached hydrogen (secondary N) is 1. The minimum atomic E-state index is -4.22. The normalized spacial score (nSPS) is 12.2. The van der Waals surface area contributed by atoms with E-state index in [4.69, 9.17) is 11.6 Å². The maximum atomic E-state index is 12.2. The molecular weight excluding hydrogens is 291 g/mol. The van der Waals surface area contributed by atoms with Gasteiger partial charge < -0.3 is 9.88 Å². The molecule has 0 unspecified atom stereocenters. The number of hydrogen-bond donors (Lipinski definition) is 1. The summed E-state index contributed by atoms with van der Waals surface area (Å²) in [6.45, 7) is 1.77. The van der Waals surface area contributed by atoms with Crippen molar-refractivity contribution in [3.63, 3.8) is 0 Å². The van der Waals surface area contributed by atoms with Crippen LogP contribution in [0.4, 0.5) is 13.2 Å². The third-order valence-corrected chi connectivity index (χ3v) is 3.08. The molecule has 1 N–H and O–H groups in total. The number of fused-ring (bicyclic) bond motifs is 1. The summed E-state index contributed by atoms with van der Waals surface area (Å²) in [5.41, 5.74) is 1.59. The average molecular weight is 306 g/mol. The van der Waals surface area contributed by atoms with E-state index in [0.29, 0.717) is 22.9 Å². The lowest BCUT2D eigenvalue weighted by Crippen LogP contribution is -2.29. The van der Waals surface area contributed by atoms with E-state index >= 15 is 0 Å². The Bertz CT molecular complexity index is 592. The molecule has 0 saturated carbocycles. The van der Waals surface area contributed by atoms with Crippen LogP contribution in [0.15, 0.2) is 18.2 Å². The molecule has 0 fully saturated rings. The van der Waals surface area contributed by atoms with E-state index in [1.165, 1.54) is 0 Å². The van der Waals surface area contributed by atoms with Crippen molar-refractivity contribution in [2.75, 3.05) is 6.54 Å². The van der Waals surface area contributed by atoms with E-state index in [9.17, 15) is 13.2 Å². The number of rotatable bonds is 5. The molecule has 0 atom stereocenters. The Morgan fingerprint density at radius 2 is 2.10 bits per heavy atom. The van der Waals surface area contributed by atoms with Crippen molar-refractivity contribution in [2.45, 2.75) is 32.6 Å². The number of halogens is 4. The Hall–Kier alpha value is -1.27. The number of alkyl halides is 3. The largest absolute Gasteiger partial charge is 0.401 e. The Labute approximate surface area is 119 Å². The summed E-state index contributed by atoms with van der Waals surface area (Å²) >= 11 is 5.91. The van der Waals surface area contributed by atoms with Crippen molar-refractivity contribution >= 4 is 22.6 Å². The fourth-order valence-corrected chi connectivity index (χ4v) is 2.24. The third kappa shape index (κ3) is 3.64. The highest BCUT2D eigenvalue weighted by atomic mass is 35.5. The van der Waals surface area contributed by atoms with Gasteiger partial charge in [-0.1, -0.05) is 18.5 Å². The zero-order chi connectivity index (χ0) is 14.8. The van der Waals surface area contributed by atoms with E-state index < -0.39 is 12.7 Å². The maximum Gasteiger partial charge on any atom is 0.401 e. The molecule has 0 aliphatic carbocycles. The van der Waals surface area contributed by atoms with Gasteiger partial charge >= 0.3 is 6.18 Å². The van der Waals surface area contributed by atoms with E-state index in [1.807, 2.05) is 17.6 Å². The van der Waals surface area contributed by atoms with Gasteiger partial charge in [0.25, 0.3) is 0 Å². The van der Waals surface area contributed by atoms with E-state index in [1.54, 1.807) is 12.1 Å². The smallest absolute Gasteiger partial charge is 0.327 e. The molecule has 0 radical (unpaired) electrons. The van der Waals surface area contributed by atoms with Gasteiger partial charge in [-0.3, -0.25) is 0 Å². The molecule has 1 aromatic heterocycles. The van der Waals surface area contributed by atoms with Gasteiger partial charge in [-0.25, -0.2) is 4.98 Å². The highest BCUT2D eigenvalue weighted by molar-refractivity contribution is 6.31. The number of aromatic nitrogens is 2. The topological polar surface area (TPSA) is 29.9 Å². The summed E-state index contributed by atoms with van der Waals surface area (Å²) in [7, 11) is 0. The van der Waals surface area contributed by atoms with Crippen LogP contribution in [0.3, 0.4) is 0 Å². The molecule has 2 rings (SSSR count). The fraction of sp³-hybridized carbons (Fsp3) is 0.462. The van der Waals surface area contributed by atoms with Gasteiger partial charge in [0, 0.05) is 11.6 Å². The lowest BCUT2D eigenvalue weighted by molar-refractivity contribution is -0.125. The first-order valence-electron chi connectivity index (χ1n) is 6.33. The molecule has 0 bridgehead atoms. The Morgan fingerprint density at radius 3 is 2.75 bits per heavy atom. The lowest BCUT2D eigenvalue weighted by atomic mass is 10.3. The van der Waals surface area contributed by atoms with Gasteiger partial charge in [0.2, 0.25) is 0 Å². The highest BCUT2D eigenvalue weighted by Gasteiger charge is 2.26.